The van der Waals surface area contributed by atoms with Crippen LogP contribution in [0.4, 0.5) is 0 Å². The van der Waals surface area contributed by atoms with E-state index < -0.39 is 10.2 Å². The van der Waals surface area contributed by atoms with Gasteiger partial charge < -0.3 is 5.32 Å². The van der Waals surface area contributed by atoms with Gasteiger partial charge in [-0.2, -0.15) is 17.0 Å². The number of nitrogens with one attached hydrogen (secondary N) is 1. The average molecular weight is 346 g/mol. The summed E-state index contributed by atoms with van der Waals surface area (Å²) in [5, 5.41) is 3.86. The zero-order chi connectivity index (χ0) is 16.3. The van der Waals surface area contributed by atoms with Crippen LogP contribution in [0, 0.1) is 5.92 Å². The van der Waals surface area contributed by atoms with Gasteiger partial charge in [0.05, 0.1) is 6.04 Å². The van der Waals surface area contributed by atoms with Gasteiger partial charge in [-0.05, 0) is 17.5 Å². The Morgan fingerprint density at radius 2 is 2.09 bits per heavy atom. The van der Waals surface area contributed by atoms with Crippen LogP contribution in [0.25, 0.3) is 0 Å². The lowest BCUT2D eigenvalue weighted by Crippen LogP contribution is -2.53. The van der Waals surface area contributed by atoms with Crippen LogP contribution in [-0.4, -0.2) is 50.3 Å². The third-order valence-corrected chi connectivity index (χ3v) is 6.08. The highest BCUT2D eigenvalue weighted by Gasteiger charge is 2.36. The van der Waals surface area contributed by atoms with Gasteiger partial charge >= 0.3 is 0 Å². The maximum absolute atomic E-state index is 12.9. The van der Waals surface area contributed by atoms with E-state index in [1.807, 2.05) is 32.0 Å². The van der Waals surface area contributed by atoms with Gasteiger partial charge in [-0.15, -0.1) is 0 Å². The predicted octanol–water partition coefficient (Wildman–Crippen LogP) is 2.12. The highest BCUT2D eigenvalue weighted by molar-refractivity contribution is 7.86. The Kier molecular flexibility index (Phi) is 5.85. The molecule has 0 aromatic heterocycles. The van der Waals surface area contributed by atoms with Crippen molar-refractivity contribution in [2.24, 2.45) is 5.92 Å². The second-order valence-corrected chi connectivity index (χ2v) is 8.43. The van der Waals surface area contributed by atoms with Gasteiger partial charge in [0.25, 0.3) is 10.2 Å². The van der Waals surface area contributed by atoms with Gasteiger partial charge in [0.2, 0.25) is 0 Å². The molecule has 1 aliphatic heterocycles. The molecule has 2 rings (SSSR count). The fourth-order valence-electron chi connectivity index (χ4n) is 2.76. The van der Waals surface area contributed by atoms with Gasteiger partial charge in [0.15, 0.2) is 0 Å². The van der Waals surface area contributed by atoms with Crippen molar-refractivity contribution in [2.45, 2.75) is 19.9 Å². The highest BCUT2D eigenvalue weighted by Crippen LogP contribution is 2.31. The molecule has 1 unspecified atom stereocenters. The van der Waals surface area contributed by atoms with E-state index in [1.54, 1.807) is 17.4 Å². The predicted molar refractivity (Wildman–Crippen MR) is 90.2 cm³/mol. The Morgan fingerprint density at radius 3 is 2.73 bits per heavy atom. The summed E-state index contributed by atoms with van der Waals surface area (Å²) in [6.07, 6.45) is 0. The van der Waals surface area contributed by atoms with Crippen LogP contribution in [0.15, 0.2) is 24.3 Å². The molecule has 1 aromatic carbocycles. The van der Waals surface area contributed by atoms with Crippen LogP contribution in [-0.2, 0) is 10.2 Å². The SMILES string of the molecule is CC(C)CN(C)S(=O)(=O)N1CCNCC1c1ccccc1Cl. The second kappa shape index (κ2) is 7.27. The smallest absolute Gasteiger partial charge is 0.282 e. The summed E-state index contributed by atoms with van der Waals surface area (Å²) in [7, 11) is -1.86. The molecule has 1 N–H and O–H groups in total. The maximum Gasteiger partial charge on any atom is 0.282 e. The molecule has 5 nitrogen and oxygen atoms in total. The van der Waals surface area contributed by atoms with E-state index in [-0.39, 0.29) is 12.0 Å². The second-order valence-electron chi connectivity index (χ2n) is 6.03. The summed E-state index contributed by atoms with van der Waals surface area (Å²) in [4.78, 5) is 0. The molecule has 1 fully saturated rings. The van der Waals surface area contributed by atoms with E-state index in [0.29, 0.717) is 31.2 Å². The van der Waals surface area contributed by atoms with E-state index in [0.717, 1.165) is 5.56 Å². The van der Waals surface area contributed by atoms with Gasteiger partial charge in [0, 0.05) is 38.2 Å². The number of halogens is 1. The molecule has 0 radical (unpaired) electrons. The summed E-state index contributed by atoms with van der Waals surface area (Å²) in [6, 6.07) is 7.16. The van der Waals surface area contributed by atoms with Crippen molar-refractivity contribution in [3.05, 3.63) is 34.9 Å². The first-order valence-corrected chi connectivity index (χ1v) is 9.29. The molecule has 124 valence electrons. The zero-order valence-electron chi connectivity index (χ0n) is 13.3. The van der Waals surface area contributed by atoms with E-state index in [1.165, 1.54) is 4.31 Å². The monoisotopic (exact) mass is 345 g/mol. The van der Waals surface area contributed by atoms with E-state index in [4.69, 9.17) is 11.6 Å². The quantitative estimate of drug-likeness (QED) is 0.889. The van der Waals surface area contributed by atoms with Gasteiger partial charge in [-0.3, -0.25) is 0 Å². The number of hydrogen-bond acceptors (Lipinski definition) is 3. The van der Waals surface area contributed by atoms with Gasteiger partial charge in [-0.1, -0.05) is 43.6 Å². The molecule has 7 heteroatoms. The first-order chi connectivity index (χ1) is 10.3. The van der Waals surface area contributed by atoms with Crippen molar-refractivity contribution in [3.8, 4) is 0 Å². The lowest BCUT2D eigenvalue weighted by Gasteiger charge is -2.38. The summed E-state index contributed by atoms with van der Waals surface area (Å²) in [5.74, 6) is 0.279. The number of benzene rings is 1. The molecule has 1 heterocycles. The van der Waals surface area contributed by atoms with Crippen LogP contribution in [0.3, 0.4) is 0 Å². The fraction of sp³-hybridized carbons (Fsp3) is 0.600. The van der Waals surface area contributed by atoms with Crippen molar-refractivity contribution < 1.29 is 8.42 Å². The average Bonchev–Trinajstić information content (AvgIpc) is 2.47. The van der Waals surface area contributed by atoms with Crippen LogP contribution in [0.5, 0.6) is 0 Å². The molecular weight excluding hydrogens is 322 g/mol. The van der Waals surface area contributed by atoms with Crippen LogP contribution < -0.4 is 5.32 Å². The van der Waals surface area contributed by atoms with Crippen molar-refractivity contribution in [3.63, 3.8) is 0 Å². The molecule has 0 saturated carbocycles. The Balaban J connectivity index is 2.32. The standard InChI is InChI=1S/C15H24ClN3O2S/c1-12(2)11-18(3)22(20,21)19-9-8-17-10-15(19)13-6-4-5-7-14(13)16/h4-7,12,15,17H,8-11H2,1-3H3. The minimum atomic E-state index is -3.50. The number of nitrogens with zero attached hydrogens (tertiary/aromatic N) is 2. The number of hydrogen-bond donors (Lipinski definition) is 1. The molecule has 0 aliphatic carbocycles. The normalized spacial score (nSPS) is 20.7. The number of piperazine rings is 1. The molecule has 0 bridgehead atoms. The Bertz CT molecular complexity index is 607. The summed E-state index contributed by atoms with van der Waals surface area (Å²) in [6.45, 7) is 6.18. The Hall–Kier alpha value is -0.660. The van der Waals surface area contributed by atoms with Crippen molar-refractivity contribution >= 4 is 21.8 Å². The first-order valence-electron chi connectivity index (χ1n) is 7.52. The van der Waals surface area contributed by atoms with Crippen LogP contribution in [0.1, 0.15) is 25.5 Å². The topological polar surface area (TPSA) is 52.7 Å². The minimum absolute atomic E-state index is 0.276. The first kappa shape index (κ1) is 17.7. The summed E-state index contributed by atoms with van der Waals surface area (Å²) in [5.41, 5.74) is 0.845. The van der Waals surface area contributed by atoms with Gasteiger partial charge in [0.1, 0.15) is 0 Å². The molecule has 1 saturated heterocycles. The third kappa shape index (κ3) is 3.81. The van der Waals surface area contributed by atoms with E-state index in [2.05, 4.69) is 5.32 Å². The lowest BCUT2D eigenvalue weighted by atomic mass is 10.1. The minimum Gasteiger partial charge on any atom is -0.313 e. The molecule has 1 atom stereocenters. The van der Waals surface area contributed by atoms with Crippen molar-refractivity contribution in [2.75, 3.05) is 33.2 Å². The number of rotatable bonds is 5. The molecule has 0 amide bonds. The van der Waals surface area contributed by atoms with Crippen LogP contribution >= 0.6 is 11.6 Å². The zero-order valence-corrected chi connectivity index (χ0v) is 14.9. The van der Waals surface area contributed by atoms with E-state index in [9.17, 15) is 8.42 Å². The molecular formula is C15H24ClN3O2S. The molecule has 1 aromatic rings. The summed E-state index contributed by atoms with van der Waals surface area (Å²) < 4.78 is 28.8. The van der Waals surface area contributed by atoms with E-state index >= 15 is 0 Å². The fourth-order valence-corrected chi connectivity index (χ4v) is 4.70. The van der Waals surface area contributed by atoms with Crippen LogP contribution in [0.2, 0.25) is 5.02 Å². The lowest BCUT2D eigenvalue weighted by molar-refractivity contribution is 0.249. The van der Waals surface area contributed by atoms with Crippen molar-refractivity contribution in [1.82, 2.24) is 13.9 Å². The largest absolute Gasteiger partial charge is 0.313 e. The molecule has 22 heavy (non-hydrogen) atoms. The third-order valence-electron chi connectivity index (χ3n) is 3.77. The molecule has 1 aliphatic rings. The Morgan fingerprint density at radius 1 is 1.41 bits per heavy atom. The van der Waals surface area contributed by atoms with Crippen molar-refractivity contribution in [1.29, 1.82) is 0 Å². The molecule has 0 spiro atoms. The Labute approximate surface area is 138 Å². The highest BCUT2D eigenvalue weighted by atomic mass is 35.5. The summed E-state index contributed by atoms with van der Waals surface area (Å²) >= 11 is 6.27. The van der Waals surface area contributed by atoms with Gasteiger partial charge in [-0.25, -0.2) is 0 Å². The maximum atomic E-state index is 12.9.